The Morgan fingerprint density at radius 2 is 1.93 bits per heavy atom. The molecule has 0 radical (unpaired) electrons. The minimum absolute atomic E-state index is 0.105. The van der Waals surface area contributed by atoms with Crippen LogP contribution in [0.15, 0.2) is 35.8 Å². The third-order valence-electron chi connectivity index (χ3n) is 4.92. The Bertz CT molecular complexity index is 976. The normalized spacial score (nSPS) is 14.7. The number of halogens is 1. The summed E-state index contributed by atoms with van der Waals surface area (Å²) in [6, 6.07) is 7.60. The maximum atomic E-state index is 14.3. The number of benzene rings is 1. The van der Waals surface area contributed by atoms with E-state index in [1.807, 2.05) is 34.5 Å². The van der Waals surface area contributed by atoms with Crippen LogP contribution in [0.3, 0.4) is 0 Å². The van der Waals surface area contributed by atoms with Crippen molar-refractivity contribution in [2.24, 2.45) is 0 Å². The molecule has 0 unspecified atom stereocenters. The molecule has 0 spiro atoms. The number of nitrogens with one attached hydrogen (secondary N) is 1. The van der Waals surface area contributed by atoms with Gasteiger partial charge in [0.2, 0.25) is 5.95 Å². The molecule has 0 saturated carbocycles. The summed E-state index contributed by atoms with van der Waals surface area (Å²) in [6.45, 7) is 3.87. The van der Waals surface area contributed by atoms with Crippen LogP contribution in [0, 0.1) is 5.82 Å². The number of thiazole rings is 1. The highest BCUT2D eigenvalue weighted by molar-refractivity contribution is 7.14. The number of ether oxygens (including phenoxy) is 1. The number of rotatable bonds is 7. The summed E-state index contributed by atoms with van der Waals surface area (Å²) in [5.41, 5.74) is 1.74. The molecule has 0 amide bonds. The lowest BCUT2D eigenvalue weighted by atomic mass is 10.2. The largest absolute Gasteiger partial charge is 0.497 e. The number of anilines is 3. The van der Waals surface area contributed by atoms with Gasteiger partial charge in [0, 0.05) is 43.7 Å². The number of aliphatic hydroxyl groups excluding tert-OH is 1. The molecule has 30 heavy (non-hydrogen) atoms. The summed E-state index contributed by atoms with van der Waals surface area (Å²) < 4.78 is 19.5. The van der Waals surface area contributed by atoms with Crippen molar-refractivity contribution in [3.63, 3.8) is 0 Å². The summed E-state index contributed by atoms with van der Waals surface area (Å²) in [5, 5.41) is 14.5. The Hall–Kier alpha value is -2.82. The Balaban J connectivity index is 1.46. The highest BCUT2D eigenvalue weighted by Gasteiger charge is 2.20. The molecule has 1 saturated heterocycles. The van der Waals surface area contributed by atoms with Crippen LogP contribution in [0.4, 0.5) is 21.3 Å². The maximum Gasteiger partial charge on any atom is 0.227 e. The van der Waals surface area contributed by atoms with E-state index in [-0.39, 0.29) is 12.4 Å². The van der Waals surface area contributed by atoms with Crippen molar-refractivity contribution in [3.05, 3.63) is 41.7 Å². The molecule has 1 aliphatic heterocycles. The lowest BCUT2D eigenvalue weighted by Crippen LogP contribution is -2.47. The smallest absolute Gasteiger partial charge is 0.227 e. The Morgan fingerprint density at radius 1 is 1.17 bits per heavy atom. The highest BCUT2D eigenvalue weighted by Crippen LogP contribution is 2.29. The first-order valence-corrected chi connectivity index (χ1v) is 10.5. The summed E-state index contributed by atoms with van der Waals surface area (Å²) in [5.74, 6) is 0.835. The monoisotopic (exact) mass is 430 g/mol. The lowest BCUT2D eigenvalue weighted by molar-refractivity contribution is 0.188. The van der Waals surface area contributed by atoms with Crippen LogP contribution in [0.1, 0.15) is 0 Å². The average Bonchev–Trinajstić information content (AvgIpc) is 3.25. The number of hydrogen-bond donors (Lipinski definition) is 2. The standard InChI is InChI=1S/C20H23FN6O2S/c1-29-15-4-2-14(3-5-15)17-13-30-20(23-17)25-18-16(21)12-22-19(24-18)27-8-6-26(7-9-27)10-11-28/h2-5,12-13,28H,6-11H2,1H3,(H,22,23,24,25). The van der Waals surface area contributed by atoms with Gasteiger partial charge in [-0.15, -0.1) is 11.3 Å². The Labute approximate surface area is 178 Å². The summed E-state index contributed by atoms with van der Waals surface area (Å²) in [7, 11) is 1.62. The maximum absolute atomic E-state index is 14.3. The fraction of sp³-hybridized carbons (Fsp3) is 0.350. The average molecular weight is 431 g/mol. The summed E-state index contributed by atoms with van der Waals surface area (Å²) >= 11 is 1.38. The van der Waals surface area contributed by atoms with Crippen LogP contribution in [-0.2, 0) is 0 Å². The van der Waals surface area contributed by atoms with Crippen molar-refractivity contribution in [1.29, 1.82) is 0 Å². The lowest BCUT2D eigenvalue weighted by Gasteiger charge is -2.34. The fourth-order valence-corrected chi connectivity index (χ4v) is 3.96. The molecule has 0 aliphatic carbocycles. The van der Waals surface area contributed by atoms with Crippen molar-refractivity contribution in [2.45, 2.75) is 0 Å². The third kappa shape index (κ3) is 4.66. The molecule has 1 aliphatic rings. The van der Waals surface area contributed by atoms with Gasteiger partial charge in [-0.2, -0.15) is 4.98 Å². The van der Waals surface area contributed by atoms with E-state index in [2.05, 4.69) is 25.2 Å². The van der Waals surface area contributed by atoms with Crippen LogP contribution in [0.2, 0.25) is 0 Å². The van der Waals surface area contributed by atoms with Gasteiger partial charge >= 0.3 is 0 Å². The molecule has 158 valence electrons. The second-order valence-corrected chi connectivity index (χ2v) is 7.67. The van der Waals surface area contributed by atoms with E-state index in [4.69, 9.17) is 9.84 Å². The topological polar surface area (TPSA) is 86.6 Å². The molecule has 0 atom stereocenters. The van der Waals surface area contributed by atoms with Gasteiger partial charge in [-0.05, 0) is 24.3 Å². The van der Waals surface area contributed by atoms with E-state index in [1.165, 1.54) is 17.5 Å². The molecule has 4 rings (SSSR count). The van der Waals surface area contributed by atoms with E-state index in [0.717, 1.165) is 43.2 Å². The van der Waals surface area contributed by atoms with Gasteiger partial charge < -0.3 is 20.1 Å². The van der Waals surface area contributed by atoms with E-state index < -0.39 is 5.82 Å². The van der Waals surface area contributed by atoms with Gasteiger partial charge in [-0.3, -0.25) is 4.90 Å². The molecular formula is C20H23FN6O2S. The van der Waals surface area contributed by atoms with Crippen molar-refractivity contribution >= 4 is 28.2 Å². The zero-order chi connectivity index (χ0) is 20.9. The van der Waals surface area contributed by atoms with E-state index in [0.29, 0.717) is 17.6 Å². The molecule has 2 aromatic heterocycles. The predicted molar refractivity (Wildman–Crippen MR) is 115 cm³/mol. The van der Waals surface area contributed by atoms with Crippen molar-refractivity contribution in [2.75, 3.05) is 56.7 Å². The second kappa shape index (κ2) is 9.33. The number of nitrogens with zero attached hydrogens (tertiary/aromatic N) is 5. The van der Waals surface area contributed by atoms with Crippen LogP contribution < -0.4 is 15.0 Å². The molecule has 0 bridgehead atoms. The SMILES string of the molecule is COc1ccc(-c2csc(Nc3nc(N4CCN(CCO)CC4)ncc3F)n2)cc1. The molecule has 1 aromatic carbocycles. The zero-order valence-corrected chi connectivity index (χ0v) is 17.4. The van der Waals surface area contributed by atoms with Crippen LogP contribution in [0.5, 0.6) is 5.75 Å². The molecule has 3 aromatic rings. The molecular weight excluding hydrogens is 407 g/mol. The van der Waals surface area contributed by atoms with Crippen LogP contribution >= 0.6 is 11.3 Å². The van der Waals surface area contributed by atoms with Gasteiger partial charge in [-0.25, -0.2) is 14.4 Å². The van der Waals surface area contributed by atoms with Gasteiger partial charge in [-0.1, -0.05) is 0 Å². The van der Waals surface area contributed by atoms with E-state index in [1.54, 1.807) is 7.11 Å². The van der Waals surface area contributed by atoms with Crippen molar-refractivity contribution in [1.82, 2.24) is 19.9 Å². The Morgan fingerprint density at radius 3 is 2.63 bits per heavy atom. The Kier molecular flexibility index (Phi) is 6.36. The quantitative estimate of drug-likeness (QED) is 0.592. The first-order valence-electron chi connectivity index (χ1n) is 9.64. The van der Waals surface area contributed by atoms with Crippen LogP contribution in [0.25, 0.3) is 11.3 Å². The minimum atomic E-state index is -0.529. The summed E-state index contributed by atoms with van der Waals surface area (Å²) in [4.78, 5) is 17.3. The van der Waals surface area contributed by atoms with Gasteiger partial charge in [0.25, 0.3) is 0 Å². The molecule has 8 nitrogen and oxygen atoms in total. The zero-order valence-electron chi connectivity index (χ0n) is 16.6. The second-order valence-electron chi connectivity index (χ2n) is 6.81. The fourth-order valence-electron chi connectivity index (χ4n) is 3.24. The summed E-state index contributed by atoms with van der Waals surface area (Å²) in [6.07, 6.45) is 1.18. The molecule has 3 heterocycles. The van der Waals surface area contributed by atoms with Gasteiger partial charge in [0.05, 0.1) is 25.6 Å². The number of piperazine rings is 1. The highest BCUT2D eigenvalue weighted by atomic mass is 32.1. The number of aliphatic hydroxyl groups is 1. The first-order chi connectivity index (χ1) is 14.7. The number of aromatic nitrogens is 3. The molecule has 2 N–H and O–H groups in total. The van der Waals surface area contributed by atoms with Gasteiger partial charge in [0.1, 0.15) is 5.75 Å². The molecule has 1 fully saturated rings. The first kappa shape index (κ1) is 20.5. The van der Waals surface area contributed by atoms with Crippen LogP contribution in [-0.4, -0.2) is 71.4 Å². The van der Waals surface area contributed by atoms with Crippen molar-refractivity contribution in [3.8, 4) is 17.0 Å². The third-order valence-corrected chi connectivity index (χ3v) is 5.68. The number of hydrogen-bond acceptors (Lipinski definition) is 9. The van der Waals surface area contributed by atoms with E-state index >= 15 is 0 Å². The predicted octanol–water partition coefficient (Wildman–Crippen LogP) is 2.61. The number of β-amino-alcohol motifs (C(OH)–C–C–N with tert-alkyl or cyclic N) is 1. The minimum Gasteiger partial charge on any atom is -0.497 e. The van der Waals surface area contributed by atoms with Gasteiger partial charge in [0.15, 0.2) is 16.8 Å². The molecule has 10 heteroatoms. The van der Waals surface area contributed by atoms with E-state index in [9.17, 15) is 4.39 Å². The number of methoxy groups -OCH3 is 1. The van der Waals surface area contributed by atoms with Crippen molar-refractivity contribution < 1.29 is 14.2 Å².